The van der Waals surface area contributed by atoms with E-state index in [4.69, 9.17) is 9.47 Å². The van der Waals surface area contributed by atoms with Crippen molar-refractivity contribution >= 4 is 11.9 Å². The summed E-state index contributed by atoms with van der Waals surface area (Å²) < 4.78 is 11.4. The minimum Gasteiger partial charge on any atom is -0.451 e. The van der Waals surface area contributed by atoms with Gasteiger partial charge in [0, 0.05) is 0 Å². The first-order chi connectivity index (χ1) is 12.4. The van der Waals surface area contributed by atoms with Gasteiger partial charge in [-0.2, -0.15) is 0 Å². The Kier molecular flexibility index (Phi) is 12.6. The highest BCUT2D eigenvalue weighted by atomic mass is 16.6. The Bertz CT molecular complexity index is 357. The van der Waals surface area contributed by atoms with Gasteiger partial charge in [-0.1, -0.05) is 67.2 Å². The molecule has 4 heteroatoms. The van der Waals surface area contributed by atoms with E-state index in [0.717, 1.165) is 77.0 Å². The van der Waals surface area contributed by atoms with Gasteiger partial charge in [-0.25, -0.2) is 9.59 Å². The Morgan fingerprint density at radius 3 is 1.12 bits per heavy atom. The van der Waals surface area contributed by atoms with Crippen molar-refractivity contribution < 1.29 is 19.1 Å². The molecule has 0 saturated heterocycles. The summed E-state index contributed by atoms with van der Waals surface area (Å²) in [4.78, 5) is 24.9. The number of hydrogen-bond donors (Lipinski definition) is 0. The average Bonchev–Trinajstić information content (AvgIpc) is 2.66. The monoisotopic (exact) mass is 370 g/mol. The largest absolute Gasteiger partial charge is 0.451 e. The Hall–Kier alpha value is -1.06. The lowest BCUT2D eigenvalue weighted by atomic mass is 9.90. The van der Waals surface area contributed by atoms with Gasteiger partial charge in [0.25, 0.3) is 0 Å². The van der Waals surface area contributed by atoms with E-state index in [9.17, 15) is 9.59 Å². The number of esters is 2. The molecule has 0 aromatic heterocycles. The van der Waals surface area contributed by atoms with Gasteiger partial charge < -0.3 is 9.47 Å². The van der Waals surface area contributed by atoms with Crippen LogP contribution in [-0.2, 0) is 19.1 Å². The summed E-state index contributed by atoms with van der Waals surface area (Å²) in [5.41, 5.74) is -1.09. The molecule has 0 amide bonds. The first kappa shape index (κ1) is 24.9. The molecule has 0 heterocycles. The van der Waals surface area contributed by atoms with Crippen LogP contribution in [0.15, 0.2) is 0 Å². The van der Waals surface area contributed by atoms with Gasteiger partial charge in [-0.15, -0.1) is 0 Å². The van der Waals surface area contributed by atoms with E-state index >= 15 is 0 Å². The summed E-state index contributed by atoms with van der Waals surface area (Å²) in [6.45, 7) is 12.4. The van der Waals surface area contributed by atoms with Gasteiger partial charge in [0.2, 0.25) is 0 Å². The fourth-order valence-corrected chi connectivity index (χ4v) is 3.47. The predicted molar refractivity (Wildman–Crippen MR) is 107 cm³/mol. The molecule has 0 spiro atoms. The predicted octanol–water partition coefficient (Wildman–Crippen LogP) is 6.35. The second-order valence-corrected chi connectivity index (χ2v) is 7.47. The van der Waals surface area contributed by atoms with E-state index < -0.39 is 23.1 Å². The van der Waals surface area contributed by atoms with E-state index in [0.29, 0.717) is 0 Å². The number of carbonyl (C=O) groups excluding carboxylic acids is 2. The van der Waals surface area contributed by atoms with Crippen molar-refractivity contribution in [3.8, 4) is 0 Å². The number of ether oxygens (including phenoxy) is 2. The molecule has 0 rings (SSSR count). The summed E-state index contributed by atoms with van der Waals surface area (Å²) in [5.74, 6) is -1.65. The Morgan fingerprint density at radius 1 is 0.577 bits per heavy atom. The summed E-state index contributed by atoms with van der Waals surface area (Å²) in [6, 6.07) is 0. The SMILES string of the molecule is CCCCCC(CC)(CC)OC(=O)C(=O)OC(CC)(CC)CCCCC. The highest BCUT2D eigenvalue weighted by Gasteiger charge is 2.37. The Labute approximate surface area is 161 Å². The van der Waals surface area contributed by atoms with Crippen LogP contribution in [0, 0.1) is 0 Å². The molecule has 0 aliphatic rings. The van der Waals surface area contributed by atoms with E-state index in [1.54, 1.807) is 0 Å². The lowest BCUT2D eigenvalue weighted by molar-refractivity contribution is -0.188. The minimum absolute atomic E-state index is 0.547. The molecule has 0 N–H and O–H groups in total. The van der Waals surface area contributed by atoms with Crippen LogP contribution in [0.25, 0.3) is 0 Å². The summed E-state index contributed by atoms with van der Waals surface area (Å²) in [5, 5.41) is 0. The summed E-state index contributed by atoms with van der Waals surface area (Å²) >= 11 is 0. The number of rotatable bonds is 14. The van der Waals surface area contributed by atoms with Crippen LogP contribution >= 0.6 is 0 Å². The quantitative estimate of drug-likeness (QED) is 0.203. The van der Waals surface area contributed by atoms with Crippen molar-refractivity contribution in [1.82, 2.24) is 0 Å². The fourth-order valence-electron chi connectivity index (χ4n) is 3.47. The summed E-state index contributed by atoms with van der Waals surface area (Å²) in [6.07, 6.45) is 10.9. The minimum atomic E-state index is -0.827. The highest BCUT2D eigenvalue weighted by molar-refractivity contribution is 6.29. The van der Waals surface area contributed by atoms with Crippen LogP contribution in [0.5, 0.6) is 0 Å². The van der Waals surface area contributed by atoms with E-state index in [-0.39, 0.29) is 0 Å². The second-order valence-electron chi connectivity index (χ2n) is 7.47. The van der Waals surface area contributed by atoms with Gasteiger partial charge in [0.15, 0.2) is 0 Å². The molecule has 0 aromatic carbocycles. The standard InChI is InChI=1S/C22H42O4/c1-7-13-15-17-21(9-3,10-4)25-19(23)20(24)26-22(11-5,12-6)18-16-14-8-2/h7-18H2,1-6H3. The topological polar surface area (TPSA) is 52.6 Å². The maximum absolute atomic E-state index is 12.5. The van der Waals surface area contributed by atoms with Gasteiger partial charge in [-0.3, -0.25) is 0 Å². The first-order valence-corrected chi connectivity index (χ1v) is 10.8. The van der Waals surface area contributed by atoms with Crippen LogP contribution < -0.4 is 0 Å². The van der Waals surface area contributed by atoms with Gasteiger partial charge in [0.05, 0.1) is 0 Å². The Balaban J connectivity index is 4.95. The number of unbranched alkanes of at least 4 members (excludes halogenated alkanes) is 4. The van der Waals surface area contributed by atoms with Crippen molar-refractivity contribution in [2.75, 3.05) is 0 Å². The normalized spacial score (nSPS) is 12.1. The zero-order valence-electron chi connectivity index (χ0n) is 18.1. The molecule has 4 nitrogen and oxygen atoms in total. The van der Waals surface area contributed by atoms with Crippen molar-refractivity contribution in [3.05, 3.63) is 0 Å². The molecule has 0 radical (unpaired) electrons. The number of hydrogen-bond acceptors (Lipinski definition) is 4. The molecule has 0 unspecified atom stereocenters. The molecule has 0 bridgehead atoms. The van der Waals surface area contributed by atoms with Crippen molar-refractivity contribution in [2.24, 2.45) is 0 Å². The third kappa shape index (κ3) is 8.09. The van der Waals surface area contributed by atoms with Crippen LogP contribution in [0.1, 0.15) is 119 Å². The lowest BCUT2D eigenvalue weighted by Gasteiger charge is -2.34. The maximum atomic E-state index is 12.5. The van der Waals surface area contributed by atoms with E-state index in [2.05, 4.69) is 13.8 Å². The molecule has 0 aromatic rings. The molecule has 0 saturated carbocycles. The molecule has 0 aliphatic heterocycles. The Morgan fingerprint density at radius 2 is 0.885 bits per heavy atom. The smallest absolute Gasteiger partial charge is 0.418 e. The second kappa shape index (κ2) is 13.2. The number of carbonyl (C=O) groups is 2. The molecular formula is C22H42O4. The molecule has 0 fully saturated rings. The molecular weight excluding hydrogens is 328 g/mol. The molecule has 26 heavy (non-hydrogen) atoms. The van der Waals surface area contributed by atoms with Crippen LogP contribution in [-0.4, -0.2) is 23.1 Å². The first-order valence-electron chi connectivity index (χ1n) is 10.8. The average molecular weight is 371 g/mol. The fraction of sp³-hybridized carbons (Fsp3) is 0.909. The lowest BCUT2D eigenvalue weighted by Crippen LogP contribution is -2.41. The van der Waals surface area contributed by atoms with Gasteiger partial charge >= 0.3 is 11.9 Å². The molecule has 0 atom stereocenters. The van der Waals surface area contributed by atoms with E-state index in [1.165, 1.54) is 0 Å². The summed E-state index contributed by atoms with van der Waals surface area (Å²) in [7, 11) is 0. The van der Waals surface area contributed by atoms with Crippen molar-refractivity contribution in [3.63, 3.8) is 0 Å². The third-order valence-corrected chi connectivity index (χ3v) is 5.83. The van der Waals surface area contributed by atoms with Crippen LogP contribution in [0.2, 0.25) is 0 Å². The van der Waals surface area contributed by atoms with Gasteiger partial charge in [0.1, 0.15) is 11.2 Å². The zero-order valence-corrected chi connectivity index (χ0v) is 18.1. The van der Waals surface area contributed by atoms with Crippen molar-refractivity contribution in [1.29, 1.82) is 0 Å². The molecule has 0 aliphatic carbocycles. The van der Waals surface area contributed by atoms with Crippen molar-refractivity contribution in [2.45, 2.75) is 130 Å². The zero-order chi connectivity index (χ0) is 20.1. The maximum Gasteiger partial charge on any atom is 0.418 e. The highest BCUT2D eigenvalue weighted by Crippen LogP contribution is 2.30. The van der Waals surface area contributed by atoms with Gasteiger partial charge in [-0.05, 0) is 51.4 Å². The van der Waals surface area contributed by atoms with Crippen LogP contribution in [0.3, 0.4) is 0 Å². The van der Waals surface area contributed by atoms with E-state index in [1.807, 2.05) is 27.7 Å². The molecule has 154 valence electrons. The van der Waals surface area contributed by atoms with Crippen LogP contribution in [0.4, 0.5) is 0 Å². The third-order valence-electron chi connectivity index (χ3n) is 5.83.